The van der Waals surface area contributed by atoms with Crippen molar-refractivity contribution in [3.05, 3.63) is 42.6 Å². The molecule has 119 valence electrons. The van der Waals surface area contributed by atoms with Gasteiger partial charge in [-0.25, -0.2) is 0 Å². The molecule has 1 aromatic heterocycles. The van der Waals surface area contributed by atoms with Gasteiger partial charge in [-0.3, -0.25) is 5.10 Å². The van der Waals surface area contributed by atoms with E-state index in [1.165, 1.54) is 5.69 Å². The second kappa shape index (κ2) is 6.09. The molecule has 2 aromatic rings. The first-order chi connectivity index (χ1) is 10.9. The monoisotopic (exact) mass is 324 g/mol. The Kier molecular flexibility index (Phi) is 4.29. The largest absolute Gasteiger partial charge is 0.416 e. The summed E-state index contributed by atoms with van der Waals surface area (Å²) < 4.78 is 7.54. The lowest BCUT2D eigenvalue weighted by atomic mass is 9.58. The number of benzene rings is 1. The molecule has 1 aromatic carbocycles. The number of aromatic amines is 1. The Morgan fingerprint density at radius 1 is 1.00 bits per heavy atom. The van der Waals surface area contributed by atoms with Crippen LogP contribution in [-0.4, -0.2) is 44.3 Å². The topological polar surface area (TPSA) is 38.4 Å². The molecule has 0 unspecified atom stereocenters. The number of nitrogens with zero attached hydrogens (tertiary/aromatic N) is 4. The molecule has 5 nitrogen and oxygen atoms in total. The first-order valence-electron chi connectivity index (χ1n) is 8.14. The molecule has 1 radical (unpaired) electrons. The van der Waals surface area contributed by atoms with Gasteiger partial charge in [0.15, 0.2) is 0 Å². The maximum atomic E-state index is 4.15. The standard InChI is InChI=1S/C15H24B2N5Si/c1-15(2,3)22-16(4)20(13-9-7-6-8-10-13)23-21(17(22)5)14-11-12-18-19-14/h6-12,23H,1-5H3,(H,18,19). The van der Waals surface area contributed by atoms with E-state index in [4.69, 9.17) is 0 Å². The van der Waals surface area contributed by atoms with Gasteiger partial charge in [-0.15, -0.1) is 0 Å². The van der Waals surface area contributed by atoms with E-state index in [0.717, 1.165) is 5.82 Å². The number of hydrogen-bond acceptors (Lipinski definition) is 4. The Balaban J connectivity index is 2.01. The maximum absolute atomic E-state index is 4.15. The second-order valence-corrected chi connectivity index (χ2v) is 8.39. The lowest BCUT2D eigenvalue weighted by Gasteiger charge is -2.54. The van der Waals surface area contributed by atoms with Gasteiger partial charge in [-0.2, -0.15) is 5.10 Å². The number of H-pyrrole nitrogens is 1. The smallest absolute Gasteiger partial charge is 0.323 e. The Morgan fingerprint density at radius 2 is 1.65 bits per heavy atom. The fourth-order valence-electron chi connectivity index (χ4n) is 3.57. The fourth-order valence-corrected chi connectivity index (χ4v) is 5.08. The summed E-state index contributed by atoms with van der Waals surface area (Å²) in [5, 5.41) is 7.29. The number of para-hydroxylation sites is 1. The first kappa shape index (κ1) is 16.2. The van der Waals surface area contributed by atoms with E-state index >= 15 is 0 Å². The Morgan fingerprint density at radius 3 is 2.22 bits per heavy atom. The molecule has 23 heavy (non-hydrogen) atoms. The Bertz CT molecular complexity index is 631. The molecule has 3 rings (SSSR count). The van der Waals surface area contributed by atoms with Crippen molar-refractivity contribution >= 4 is 35.3 Å². The van der Waals surface area contributed by atoms with E-state index in [9.17, 15) is 0 Å². The second-order valence-electron chi connectivity index (χ2n) is 7.05. The van der Waals surface area contributed by atoms with Crippen LogP contribution in [0.1, 0.15) is 20.8 Å². The van der Waals surface area contributed by atoms with Crippen LogP contribution < -0.4 is 8.95 Å². The van der Waals surface area contributed by atoms with Crippen molar-refractivity contribution in [1.29, 1.82) is 0 Å². The predicted molar refractivity (Wildman–Crippen MR) is 102 cm³/mol. The highest BCUT2D eigenvalue weighted by atomic mass is 28.2. The highest BCUT2D eigenvalue weighted by Gasteiger charge is 2.46. The van der Waals surface area contributed by atoms with Gasteiger partial charge in [-0.05, 0) is 44.5 Å². The molecule has 1 fully saturated rings. The van der Waals surface area contributed by atoms with Gasteiger partial charge in [-0.1, -0.05) is 31.8 Å². The summed E-state index contributed by atoms with van der Waals surface area (Å²) in [6.07, 6.45) is 1.83. The average molecular weight is 324 g/mol. The third-order valence-electron chi connectivity index (χ3n) is 4.45. The molecule has 0 bridgehead atoms. The number of nitrogens with one attached hydrogen (secondary N) is 1. The zero-order valence-electron chi connectivity index (χ0n) is 14.6. The van der Waals surface area contributed by atoms with Crippen LogP contribution in [0.15, 0.2) is 42.6 Å². The summed E-state index contributed by atoms with van der Waals surface area (Å²) in [4.78, 5) is 0. The van der Waals surface area contributed by atoms with E-state index < -0.39 is 0 Å². The van der Waals surface area contributed by atoms with Crippen LogP contribution >= 0.6 is 0 Å². The van der Waals surface area contributed by atoms with E-state index in [1.54, 1.807) is 0 Å². The van der Waals surface area contributed by atoms with E-state index in [2.05, 4.69) is 94.7 Å². The summed E-state index contributed by atoms with van der Waals surface area (Å²) >= 11 is 0. The zero-order chi connectivity index (χ0) is 16.6. The van der Waals surface area contributed by atoms with Crippen molar-refractivity contribution in [3.8, 4) is 0 Å². The van der Waals surface area contributed by atoms with Crippen LogP contribution in [-0.2, 0) is 0 Å². The lowest BCUT2D eigenvalue weighted by Crippen LogP contribution is -2.75. The highest BCUT2D eigenvalue weighted by Crippen LogP contribution is 2.29. The summed E-state index contributed by atoms with van der Waals surface area (Å²) in [5.41, 5.74) is 1.35. The van der Waals surface area contributed by atoms with Gasteiger partial charge in [0, 0.05) is 5.69 Å². The zero-order valence-corrected chi connectivity index (χ0v) is 15.7. The SMILES string of the molecule is CB1N(c2ccccc2)[SiH]N(c2ccn[nH]2)B(C)N1C(C)(C)C. The van der Waals surface area contributed by atoms with Crippen molar-refractivity contribution in [2.75, 3.05) is 8.95 Å². The molecule has 1 saturated heterocycles. The Hall–Kier alpha value is -1.66. The van der Waals surface area contributed by atoms with Crippen LogP contribution in [0.4, 0.5) is 11.5 Å². The van der Waals surface area contributed by atoms with E-state index in [0.29, 0.717) is 14.0 Å². The maximum Gasteiger partial charge on any atom is 0.323 e. The minimum absolute atomic E-state index is 0.0632. The third kappa shape index (κ3) is 3.05. The van der Waals surface area contributed by atoms with Crippen LogP contribution in [0, 0.1) is 0 Å². The molecule has 0 amide bonds. The molecule has 1 aliphatic heterocycles. The molecule has 0 atom stereocenters. The molecule has 0 aliphatic carbocycles. The van der Waals surface area contributed by atoms with Crippen LogP contribution in [0.3, 0.4) is 0 Å². The van der Waals surface area contributed by atoms with Crippen molar-refractivity contribution in [3.63, 3.8) is 0 Å². The number of rotatable bonds is 2. The quantitative estimate of drug-likeness (QED) is 0.861. The van der Waals surface area contributed by atoms with E-state index in [1.807, 2.05) is 6.20 Å². The molecule has 1 aliphatic rings. The molecule has 2 heterocycles. The Labute approximate surface area is 142 Å². The summed E-state index contributed by atoms with van der Waals surface area (Å²) in [6.45, 7) is 12.1. The molecular weight excluding hydrogens is 300 g/mol. The van der Waals surface area contributed by atoms with Crippen LogP contribution in [0.25, 0.3) is 0 Å². The lowest BCUT2D eigenvalue weighted by molar-refractivity contribution is 0.360. The highest BCUT2D eigenvalue weighted by molar-refractivity contribution is 6.92. The normalized spacial score (nSPS) is 17.1. The molecule has 0 saturated carbocycles. The summed E-state index contributed by atoms with van der Waals surface area (Å²) in [6, 6.07) is 12.8. The molecule has 8 heteroatoms. The minimum Gasteiger partial charge on any atom is -0.416 e. The first-order valence-corrected chi connectivity index (χ1v) is 9.17. The number of hydrogen-bond donors (Lipinski definition) is 1. The van der Waals surface area contributed by atoms with Gasteiger partial charge < -0.3 is 13.7 Å². The van der Waals surface area contributed by atoms with Gasteiger partial charge in [0.25, 0.3) is 9.84 Å². The van der Waals surface area contributed by atoms with Gasteiger partial charge >= 0.3 is 14.0 Å². The third-order valence-corrected chi connectivity index (χ3v) is 6.39. The molecule has 0 spiro atoms. The summed E-state index contributed by atoms with van der Waals surface area (Å²) in [5.74, 6) is 1.09. The predicted octanol–water partition coefficient (Wildman–Crippen LogP) is 2.34. The number of anilines is 2. The summed E-state index contributed by atoms with van der Waals surface area (Å²) in [7, 11) is -0.0632. The van der Waals surface area contributed by atoms with Gasteiger partial charge in [0.2, 0.25) is 0 Å². The van der Waals surface area contributed by atoms with Crippen molar-refractivity contribution in [2.24, 2.45) is 0 Å². The fraction of sp³-hybridized carbons (Fsp3) is 0.400. The van der Waals surface area contributed by atoms with Gasteiger partial charge in [0.05, 0.1) is 6.20 Å². The minimum atomic E-state index is -0.0632. The average Bonchev–Trinajstić information content (AvgIpc) is 3.01. The van der Waals surface area contributed by atoms with Gasteiger partial charge in [0.1, 0.15) is 5.82 Å². The number of aromatic nitrogens is 2. The van der Waals surface area contributed by atoms with Crippen LogP contribution in [0.5, 0.6) is 0 Å². The van der Waals surface area contributed by atoms with Crippen molar-refractivity contribution in [1.82, 2.24) is 14.9 Å². The van der Waals surface area contributed by atoms with Crippen LogP contribution in [0.2, 0.25) is 13.6 Å². The molecular formula is C15H24B2N5Si. The molecule has 1 N–H and O–H groups in total. The van der Waals surface area contributed by atoms with Crippen molar-refractivity contribution in [2.45, 2.75) is 40.0 Å². The van der Waals surface area contributed by atoms with Crippen molar-refractivity contribution < 1.29 is 0 Å². The van der Waals surface area contributed by atoms with E-state index in [-0.39, 0.29) is 15.4 Å².